The molecule has 0 fully saturated rings. The van der Waals surface area contributed by atoms with Crippen molar-refractivity contribution in [3.63, 3.8) is 0 Å². The van der Waals surface area contributed by atoms with Gasteiger partial charge in [0.05, 0.1) is 18.2 Å². The first kappa shape index (κ1) is 24.3. The Balaban J connectivity index is 2.09. The second-order valence-corrected chi connectivity index (χ2v) is 7.57. The molecule has 2 N–H and O–H groups in total. The normalized spacial score (nSPS) is 11.8. The first-order chi connectivity index (χ1) is 15.1. The molecule has 1 unspecified atom stereocenters. The fourth-order valence-electron chi connectivity index (χ4n) is 3.00. The lowest BCUT2D eigenvalue weighted by Crippen LogP contribution is -2.39. The minimum atomic E-state index is -0.986. The maximum absolute atomic E-state index is 12.7. The average Bonchev–Trinajstić information content (AvgIpc) is 2.73. The van der Waals surface area contributed by atoms with Crippen LogP contribution in [0.5, 0.6) is 5.75 Å². The Bertz CT molecular complexity index is 1000. The molecule has 0 bridgehead atoms. The van der Waals surface area contributed by atoms with Crippen LogP contribution in [-0.4, -0.2) is 44.2 Å². The molecular weight excluding hydrogens is 414 g/mol. The molecular formula is C22H27N5O5. The number of nitro groups is 1. The molecule has 2 amide bonds. The summed E-state index contributed by atoms with van der Waals surface area (Å²) < 4.78 is 5.09. The first-order valence-corrected chi connectivity index (χ1v) is 9.87. The molecule has 10 nitrogen and oxygen atoms in total. The van der Waals surface area contributed by atoms with Crippen LogP contribution >= 0.6 is 0 Å². The molecule has 0 spiro atoms. The number of anilines is 2. The summed E-state index contributed by atoms with van der Waals surface area (Å²) in [6.07, 6.45) is 1.29. The summed E-state index contributed by atoms with van der Waals surface area (Å²) in [5.74, 6) is -1.68. The molecule has 0 aliphatic carbocycles. The Morgan fingerprint density at radius 3 is 2.31 bits per heavy atom. The van der Waals surface area contributed by atoms with Crippen molar-refractivity contribution in [3.05, 3.63) is 58.1 Å². The quantitative estimate of drug-likeness (QED) is 0.267. The Morgan fingerprint density at radius 2 is 1.78 bits per heavy atom. The minimum absolute atomic E-state index is 0.0794. The van der Waals surface area contributed by atoms with Gasteiger partial charge < -0.3 is 15.0 Å². The molecule has 32 heavy (non-hydrogen) atoms. The number of rotatable bonds is 9. The number of hydrogen-bond donors (Lipinski definition) is 2. The van der Waals surface area contributed by atoms with Crippen molar-refractivity contribution >= 4 is 35.1 Å². The average molecular weight is 441 g/mol. The molecule has 2 rings (SSSR count). The highest BCUT2D eigenvalue weighted by Crippen LogP contribution is 2.27. The molecule has 0 saturated heterocycles. The highest BCUT2D eigenvalue weighted by molar-refractivity contribution is 6.06. The van der Waals surface area contributed by atoms with E-state index in [9.17, 15) is 19.7 Å². The summed E-state index contributed by atoms with van der Waals surface area (Å²) in [5.41, 5.74) is 3.69. The number of methoxy groups -OCH3 is 1. The molecule has 170 valence electrons. The van der Waals surface area contributed by atoms with Crippen molar-refractivity contribution in [2.24, 2.45) is 16.9 Å². The van der Waals surface area contributed by atoms with Gasteiger partial charge in [-0.3, -0.25) is 19.7 Å². The van der Waals surface area contributed by atoms with E-state index in [1.165, 1.54) is 12.3 Å². The third-order valence-electron chi connectivity index (χ3n) is 4.66. The number of nitrogens with one attached hydrogen (secondary N) is 2. The van der Waals surface area contributed by atoms with Crippen LogP contribution in [0.2, 0.25) is 0 Å². The van der Waals surface area contributed by atoms with Crippen LogP contribution in [0.25, 0.3) is 0 Å². The van der Waals surface area contributed by atoms with Crippen molar-refractivity contribution < 1.29 is 19.2 Å². The van der Waals surface area contributed by atoms with Crippen molar-refractivity contribution in [2.45, 2.75) is 13.8 Å². The molecule has 0 radical (unpaired) electrons. The van der Waals surface area contributed by atoms with Gasteiger partial charge in [-0.05, 0) is 36.2 Å². The number of amides is 2. The fraction of sp³-hybridized carbons (Fsp3) is 0.318. The van der Waals surface area contributed by atoms with Gasteiger partial charge in [-0.2, -0.15) is 5.10 Å². The van der Waals surface area contributed by atoms with Crippen LogP contribution in [0.15, 0.2) is 47.6 Å². The van der Waals surface area contributed by atoms with Crippen LogP contribution in [0.1, 0.15) is 19.4 Å². The van der Waals surface area contributed by atoms with Gasteiger partial charge in [-0.15, -0.1) is 0 Å². The molecule has 0 aromatic heterocycles. The van der Waals surface area contributed by atoms with Crippen LogP contribution in [-0.2, 0) is 9.59 Å². The van der Waals surface area contributed by atoms with E-state index in [0.717, 1.165) is 0 Å². The van der Waals surface area contributed by atoms with E-state index in [1.54, 1.807) is 76.4 Å². The second-order valence-electron chi connectivity index (χ2n) is 7.57. The number of ether oxygens (including phenoxy) is 1. The molecule has 10 heteroatoms. The lowest BCUT2D eigenvalue weighted by atomic mass is 9.94. The van der Waals surface area contributed by atoms with Crippen LogP contribution < -0.4 is 20.4 Å². The minimum Gasteiger partial charge on any atom is -0.497 e. The maximum atomic E-state index is 12.7. The lowest BCUT2D eigenvalue weighted by molar-refractivity contribution is -0.384. The second kappa shape index (κ2) is 10.9. The van der Waals surface area contributed by atoms with E-state index in [-0.39, 0.29) is 11.6 Å². The zero-order valence-electron chi connectivity index (χ0n) is 18.7. The van der Waals surface area contributed by atoms with E-state index < -0.39 is 22.7 Å². The van der Waals surface area contributed by atoms with Gasteiger partial charge in [0.1, 0.15) is 17.4 Å². The summed E-state index contributed by atoms with van der Waals surface area (Å²) >= 11 is 0. The smallest absolute Gasteiger partial charge is 0.293 e. The number of hydrogen-bond acceptors (Lipinski definition) is 7. The Kier molecular flexibility index (Phi) is 8.28. The van der Waals surface area contributed by atoms with E-state index in [4.69, 9.17) is 4.74 Å². The Hall–Kier alpha value is -3.95. The van der Waals surface area contributed by atoms with E-state index in [2.05, 4.69) is 15.8 Å². The van der Waals surface area contributed by atoms with Gasteiger partial charge in [0.25, 0.3) is 11.6 Å². The molecule has 1 atom stereocenters. The number of benzene rings is 2. The summed E-state index contributed by atoms with van der Waals surface area (Å²) in [5, 5.41) is 17.9. The summed E-state index contributed by atoms with van der Waals surface area (Å²) in [4.78, 5) is 37.7. The van der Waals surface area contributed by atoms with Gasteiger partial charge in [-0.1, -0.05) is 19.9 Å². The monoisotopic (exact) mass is 441 g/mol. The summed E-state index contributed by atoms with van der Waals surface area (Å²) in [6.45, 7) is 3.51. The number of nitro benzene ring substituents is 1. The van der Waals surface area contributed by atoms with Crippen molar-refractivity contribution in [3.8, 4) is 5.75 Å². The summed E-state index contributed by atoms with van der Waals surface area (Å²) in [7, 11) is 4.96. The Labute approximate surface area is 186 Å². The van der Waals surface area contributed by atoms with Gasteiger partial charge in [0, 0.05) is 31.4 Å². The first-order valence-electron chi connectivity index (χ1n) is 9.87. The van der Waals surface area contributed by atoms with Crippen LogP contribution in [0, 0.1) is 22.0 Å². The molecule has 2 aromatic carbocycles. The molecule has 0 aliphatic heterocycles. The molecule has 2 aromatic rings. The van der Waals surface area contributed by atoms with Crippen molar-refractivity contribution in [2.75, 3.05) is 31.4 Å². The largest absolute Gasteiger partial charge is 0.497 e. The van der Waals surface area contributed by atoms with Crippen LogP contribution in [0.4, 0.5) is 17.1 Å². The standard InChI is InChI=1S/C22H27N5O5/c1-14(2)20(21(28)24-16-7-9-17(32-5)10-8-16)22(29)25-23-13-15-6-11-18(26(3)4)19(12-15)27(30)31/h6-14,20H,1-5H3,(H,24,28)(H,25,29). The van der Waals surface area contributed by atoms with E-state index >= 15 is 0 Å². The SMILES string of the molecule is COc1ccc(NC(=O)C(C(=O)NN=Cc2ccc(N(C)C)c([N+](=O)[O-])c2)C(C)C)cc1. The lowest BCUT2D eigenvalue weighted by Gasteiger charge is -2.18. The zero-order chi connectivity index (χ0) is 23.8. The highest BCUT2D eigenvalue weighted by Gasteiger charge is 2.30. The number of carbonyl (C=O) groups excluding carboxylic acids is 2. The summed E-state index contributed by atoms with van der Waals surface area (Å²) in [6, 6.07) is 11.4. The number of carbonyl (C=O) groups is 2. The topological polar surface area (TPSA) is 126 Å². The van der Waals surface area contributed by atoms with Gasteiger partial charge in [0.15, 0.2) is 0 Å². The van der Waals surface area contributed by atoms with E-state index in [0.29, 0.717) is 22.7 Å². The van der Waals surface area contributed by atoms with Gasteiger partial charge in [-0.25, -0.2) is 5.43 Å². The van der Waals surface area contributed by atoms with E-state index in [1.807, 2.05) is 0 Å². The number of hydrazone groups is 1. The molecule has 0 heterocycles. The zero-order valence-corrected chi connectivity index (χ0v) is 18.7. The maximum Gasteiger partial charge on any atom is 0.293 e. The van der Waals surface area contributed by atoms with Crippen molar-refractivity contribution in [1.29, 1.82) is 0 Å². The van der Waals surface area contributed by atoms with Crippen LogP contribution in [0.3, 0.4) is 0 Å². The highest BCUT2D eigenvalue weighted by atomic mass is 16.6. The molecule has 0 saturated carbocycles. The predicted molar refractivity (Wildman–Crippen MR) is 123 cm³/mol. The Morgan fingerprint density at radius 1 is 1.12 bits per heavy atom. The molecule has 0 aliphatic rings. The fourth-order valence-corrected chi connectivity index (χ4v) is 3.00. The van der Waals surface area contributed by atoms with Gasteiger partial charge in [0.2, 0.25) is 5.91 Å². The van der Waals surface area contributed by atoms with Crippen molar-refractivity contribution in [1.82, 2.24) is 5.43 Å². The third-order valence-corrected chi connectivity index (χ3v) is 4.66. The predicted octanol–water partition coefficient (Wildman–Crippen LogP) is 3.03. The van der Waals surface area contributed by atoms with Gasteiger partial charge >= 0.3 is 0 Å². The third kappa shape index (κ3) is 6.27. The number of nitrogens with zero attached hydrogens (tertiary/aromatic N) is 3.